The minimum absolute atomic E-state index is 1.06. The van der Waals surface area contributed by atoms with Crippen LogP contribution in [0.15, 0.2) is 12.2 Å². The van der Waals surface area contributed by atoms with E-state index in [2.05, 4.69) is 31.8 Å². The molecule has 0 aliphatic heterocycles. The second-order valence-corrected chi connectivity index (χ2v) is 3.68. The molecule has 14 heavy (non-hydrogen) atoms. The topological polar surface area (TPSA) is 0 Å². The Morgan fingerprint density at radius 2 is 1.64 bits per heavy atom. The monoisotopic (exact) mass is 192 g/mol. The molecule has 0 saturated heterocycles. The molecule has 0 aliphatic carbocycles. The molecule has 0 aromatic rings. The van der Waals surface area contributed by atoms with E-state index in [0.29, 0.717) is 0 Å². The Balaban J connectivity index is 3.22. The molecule has 0 heterocycles. The molecular formula is C14H24. The summed E-state index contributed by atoms with van der Waals surface area (Å²) in [6, 6.07) is 0. The molecule has 0 radical (unpaired) electrons. The largest absolute Gasteiger partial charge is 0.0985 e. The summed E-state index contributed by atoms with van der Waals surface area (Å²) in [7, 11) is 0. The molecule has 80 valence electrons. The highest BCUT2D eigenvalue weighted by Gasteiger charge is 1.81. The third-order valence-electron chi connectivity index (χ3n) is 2.18. The smallest absolute Gasteiger partial charge is 0.00922 e. The number of hydrogen-bond acceptors (Lipinski definition) is 0. The van der Waals surface area contributed by atoms with E-state index >= 15 is 0 Å². The van der Waals surface area contributed by atoms with Crippen molar-refractivity contribution in [3.63, 3.8) is 0 Å². The van der Waals surface area contributed by atoms with Gasteiger partial charge in [-0.05, 0) is 25.3 Å². The van der Waals surface area contributed by atoms with Gasteiger partial charge in [-0.1, -0.05) is 57.4 Å². The fraction of sp³-hybridized carbons (Fsp3) is 0.714. The van der Waals surface area contributed by atoms with Gasteiger partial charge >= 0.3 is 0 Å². The van der Waals surface area contributed by atoms with Crippen molar-refractivity contribution in [3.8, 4) is 11.8 Å². The Bertz CT molecular complexity index is 178. The number of allylic oxidation sites excluding steroid dienone is 2. The lowest BCUT2D eigenvalue weighted by Gasteiger charge is -1.89. The zero-order chi connectivity index (χ0) is 10.5. The van der Waals surface area contributed by atoms with Gasteiger partial charge in [0.1, 0.15) is 0 Å². The summed E-state index contributed by atoms with van der Waals surface area (Å²) in [6.45, 7) is 4.46. The van der Waals surface area contributed by atoms with Crippen molar-refractivity contribution in [2.75, 3.05) is 0 Å². The Hall–Kier alpha value is -0.700. The summed E-state index contributed by atoms with van der Waals surface area (Å²) in [5, 5.41) is 0. The molecule has 0 aromatic heterocycles. The molecule has 0 aromatic carbocycles. The van der Waals surface area contributed by atoms with Crippen LogP contribution >= 0.6 is 0 Å². The third kappa shape index (κ3) is 11.3. The summed E-state index contributed by atoms with van der Waals surface area (Å²) in [5.74, 6) is 6.26. The summed E-state index contributed by atoms with van der Waals surface area (Å²) in [4.78, 5) is 0. The molecule has 0 aliphatic rings. The third-order valence-corrected chi connectivity index (χ3v) is 2.18. The molecule has 0 nitrogen and oxygen atoms in total. The van der Waals surface area contributed by atoms with Crippen LogP contribution < -0.4 is 0 Å². The molecule has 0 amide bonds. The van der Waals surface area contributed by atoms with Gasteiger partial charge < -0.3 is 0 Å². The van der Waals surface area contributed by atoms with Crippen LogP contribution in [0.5, 0.6) is 0 Å². The van der Waals surface area contributed by atoms with Crippen molar-refractivity contribution < 1.29 is 0 Å². The van der Waals surface area contributed by atoms with Crippen LogP contribution in [-0.4, -0.2) is 0 Å². The second-order valence-electron chi connectivity index (χ2n) is 3.68. The van der Waals surface area contributed by atoms with Crippen LogP contribution in [0.1, 0.15) is 65.2 Å². The highest BCUT2D eigenvalue weighted by Crippen LogP contribution is 1.99. The molecule has 0 rings (SSSR count). The average molecular weight is 192 g/mol. The fourth-order valence-electron chi connectivity index (χ4n) is 1.25. The molecule has 0 spiro atoms. The first-order valence-corrected chi connectivity index (χ1v) is 6.05. The zero-order valence-corrected chi connectivity index (χ0v) is 9.81. The first-order chi connectivity index (χ1) is 6.91. The van der Waals surface area contributed by atoms with Crippen LogP contribution in [0, 0.1) is 11.8 Å². The lowest BCUT2D eigenvalue weighted by Crippen LogP contribution is -1.71. The summed E-state index contributed by atoms with van der Waals surface area (Å²) in [5.41, 5.74) is 0. The van der Waals surface area contributed by atoms with Gasteiger partial charge in [0.15, 0.2) is 0 Å². The van der Waals surface area contributed by atoms with Gasteiger partial charge in [0, 0.05) is 6.42 Å². The van der Waals surface area contributed by atoms with E-state index in [1.165, 1.54) is 44.9 Å². The predicted molar refractivity (Wildman–Crippen MR) is 65.2 cm³/mol. The van der Waals surface area contributed by atoms with Gasteiger partial charge in [0.25, 0.3) is 0 Å². The van der Waals surface area contributed by atoms with Gasteiger partial charge in [-0.2, -0.15) is 0 Å². The molecule has 0 unspecified atom stereocenters. The number of hydrogen-bond donors (Lipinski definition) is 0. The Morgan fingerprint density at radius 1 is 0.929 bits per heavy atom. The molecule has 0 bridgehead atoms. The highest BCUT2D eigenvalue weighted by atomic mass is 13.9. The maximum atomic E-state index is 3.17. The molecular weight excluding hydrogens is 168 g/mol. The van der Waals surface area contributed by atoms with E-state index in [-0.39, 0.29) is 0 Å². The minimum Gasteiger partial charge on any atom is -0.0985 e. The lowest BCUT2D eigenvalue weighted by atomic mass is 10.2. The summed E-state index contributed by atoms with van der Waals surface area (Å²) < 4.78 is 0. The second kappa shape index (κ2) is 12.3. The molecule has 0 atom stereocenters. The Kier molecular flexibility index (Phi) is 11.7. The quantitative estimate of drug-likeness (QED) is 0.405. The van der Waals surface area contributed by atoms with E-state index in [1.54, 1.807) is 0 Å². The lowest BCUT2D eigenvalue weighted by molar-refractivity contribution is 0.729. The summed E-state index contributed by atoms with van der Waals surface area (Å²) in [6.07, 6.45) is 14.3. The van der Waals surface area contributed by atoms with Crippen molar-refractivity contribution in [2.24, 2.45) is 0 Å². The van der Waals surface area contributed by atoms with Crippen LogP contribution in [0.25, 0.3) is 0 Å². The van der Waals surface area contributed by atoms with E-state index in [1.807, 2.05) is 6.08 Å². The van der Waals surface area contributed by atoms with Gasteiger partial charge in [0.2, 0.25) is 0 Å². The van der Waals surface area contributed by atoms with E-state index in [4.69, 9.17) is 0 Å². The Labute approximate surface area is 89.8 Å². The van der Waals surface area contributed by atoms with Crippen molar-refractivity contribution >= 4 is 0 Å². The van der Waals surface area contributed by atoms with Crippen molar-refractivity contribution in [2.45, 2.75) is 65.2 Å². The van der Waals surface area contributed by atoms with Crippen molar-refractivity contribution in [1.29, 1.82) is 0 Å². The Morgan fingerprint density at radius 3 is 2.36 bits per heavy atom. The average Bonchev–Trinajstić information content (AvgIpc) is 2.21. The van der Waals surface area contributed by atoms with Gasteiger partial charge in [0.05, 0.1) is 0 Å². The molecule has 0 N–H and O–H groups in total. The van der Waals surface area contributed by atoms with Crippen LogP contribution in [-0.2, 0) is 0 Å². The maximum absolute atomic E-state index is 3.17. The predicted octanol–water partition coefficient (Wildman–Crippen LogP) is 4.71. The maximum Gasteiger partial charge on any atom is 0.00922 e. The molecule has 0 saturated carbocycles. The van der Waals surface area contributed by atoms with Gasteiger partial charge in [-0.3, -0.25) is 0 Å². The number of rotatable bonds is 7. The van der Waals surface area contributed by atoms with Crippen LogP contribution in [0.3, 0.4) is 0 Å². The normalized spacial score (nSPS) is 10.1. The highest BCUT2D eigenvalue weighted by molar-refractivity contribution is 5.14. The zero-order valence-electron chi connectivity index (χ0n) is 9.81. The standard InChI is InChI=1S/C14H24/c1-3-5-7-9-11-13-14-12-10-8-6-4-2/h11,13H,3-10H2,1-2H3/b13-11+. The molecule has 0 heteroatoms. The fourth-order valence-corrected chi connectivity index (χ4v) is 1.25. The van der Waals surface area contributed by atoms with Crippen molar-refractivity contribution in [1.82, 2.24) is 0 Å². The van der Waals surface area contributed by atoms with E-state index in [0.717, 1.165) is 6.42 Å². The summed E-state index contributed by atoms with van der Waals surface area (Å²) >= 11 is 0. The van der Waals surface area contributed by atoms with E-state index in [9.17, 15) is 0 Å². The van der Waals surface area contributed by atoms with Gasteiger partial charge in [-0.15, -0.1) is 0 Å². The van der Waals surface area contributed by atoms with Crippen molar-refractivity contribution in [3.05, 3.63) is 12.2 Å². The van der Waals surface area contributed by atoms with Crippen LogP contribution in [0.2, 0.25) is 0 Å². The first-order valence-electron chi connectivity index (χ1n) is 6.05. The first kappa shape index (κ1) is 13.3. The number of unbranched alkanes of at least 4 members (excludes halogenated alkanes) is 6. The minimum atomic E-state index is 1.06. The van der Waals surface area contributed by atoms with E-state index < -0.39 is 0 Å². The van der Waals surface area contributed by atoms with Crippen LogP contribution in [0.4, 0.5) is 0 Å². The molecule has 0 fully saturated rings. The SMILES string of the molecule is CCCCCC#C/C=C/CCCCC. The van der Waals surface area contributed by atoms with Gasteiger partial charge in [-0.25, -0.2) is 0 Å².